The maximum atomic E-state index is 12.7. The van der Waals surface area contributed by atoms with Gasteiger partial charge in [0.2, 0.25) is 0 Å². The zero-order chi connectivity index (χ0) is 25.6. The maximum absolute atomic E-state index is 12.7. The molecule has 0 bridgehead atoms. The summed E-state index contributed by atoms with van der Waals surface area (Å²) in [5.41, 5.74) is 2.46. The number of ether oxygens (including phenoxy) is 1. The Labute approximate surface area is 217 Å². The van der Waals surface area contributed by atoms with E-state index in [9.17, 15) is 4.79 Å². The second-order valence-corrected chi connectivity index (χ2v) is 11.3. The van der Waals surface area contributed by atoms with Crippen LogP contribution in [0.4, 0.5) is 16.3 Å². The van der Waals surface area contributed by atoms with E-state index in [0.717, 1.165) is 41.2 Å². The molecule has 0 spiro atoms. The van der Waals surface area contributed by atoms with E-state index < -0.39 is 5.60 Å². The van der Waals surface area contributed by atoms with Crippen LogP contribution in [-0.4, -0.2) is 69.4 Å². The predicted octanol–water partition coefficient (Wildman–Crippen LogP) is 5.51. The monoisotopic (exact) mass is 510 g/mol. The molecule has 2 saturated heterocycles. The third-order valence-corrected chi connectivity index (χ3v) is 7.28. The first-order valence-corrected chi connectivity index (χ1v) is 13.1. The summed E-state index contributed by atoms with van der Waals surface area (Å²) in [6.45, 7) is 12.9. The number of anilines is 2. The van der Waals surface area contributed by atoms with Crippen LogP contribution in [0.15, 0.2) is 36.8 Å². The fraction of sp³-hybridized carbons (Fsp3) is 0.519. The molecule has 0 saturated carbocycles. The largest absolute Gasteiger partial charge is 0.444 e. The molecule has 2 unspecified atom stereocenters. The second-order valence-electron chi connectivity index (χ2n) is 10.9. The molecular formula is C27H35ClN6O2. The van der Waals surface area contributed by atoms with Gasteiger partial charge in [-0.3, -0.25) is 4.57 Å². The molecule has 2 aliphatic rings. The lowest BCUT2D eigenvalue weighted by Crippen LogP contribution is -2.54. The summed E-state index contributed by atoms with van der Waals surface area (Å²) >= 11 is 6.35. The first kappa shape index (κ1) is 24.7. The highest BCUT2D eigenvalue weighted by molar-refractivity contribution is 6.30. The Bertz CT molecular complexity index is 1270. The van der Waals surface area contributed by atoms with Gasteiger partial charge in [-0.2, -0.15) is 0 Å². The Morgan fingerprint density at radius 2 is 1.89 bits per heavy atom. The van der Waals surface area contributed by atoms with Crippen molar-refractivity contribution in [3.8, 4) is 5.69 Å². The molecule has 9 heteroatoms. The third kappa shape index (κ3) is 4.71. The number of rotatable bonds is 3. The van der Waals surface area contributed by atoms with Gasteiger partial charge in [-0.05, 0) is 65.7 Å². The Morgan fingerprint density at radius 1 is 1.08 bits per heavy atom. The van der Waals surface area contributed by atoms with Gasteiger partial charge in [0.1, 0.15) is 17.7 Å². The molecule has 0 radical (unpaired) electrons. The summed E-state index contributed by atoms with van der Waals surface area (Å²) in [7, 11) is 0. The summed E-state index contributed by atoms with van der Waals surface area (Å²) in [6, 6.07) is 8.36. The van der Waals surface area contributed by atoms with Gasteiger partial charge in [-0.15, -0.1) is 0 Å². The number of carbonyl (C=O) groups excluding carboxylic acids is 1. The maximum Gasteiger partial charge on any atom is 0.410 e. The minimum absolute atomic E-state index is 0.0720. The van der Waals surface area contributed by atoms with Crippen molar-refractivity contribution in [2.75, 3.05) is 36.0 Å². The zero-order valence-electron chi connectivity index (χ0n) is 21.7. The van der Waals surface area contributed by atoms with Crippen molar-refractivity contribution in [3.63, 3.8) is 0 Å². The van der Waals surface area contributed by atoms with Crippen LogP contribution in [0.5, 0.6) is 0 Å². The highest BCUT2D eigenvalue weighted by Gasteiger charge is 2.33. The number of amides is 1. The number of benzene rings is 1. The van der Waals surface area contributed by atoms with E-state index in [-0.39, 0.29) is 12.1 Å². The number of piperazine rings is 1. The van der Waals surface area contributed by atoms with Crippen molar-refractivity contribution in [3.05, 3.63) is 41.8 Å². The minimum Gasteiger partial charge on any atom is -0.444 e. The molecule has 0 aliphatic carbocycles. The average Bonchev–Trinajstić information content (AvgIpc) is 3.41. The molecule has 0 N–H and O–H groups in total. The van der Waals surface area contributed by atoms with Gasteiger partial charge in [-0.25, -0.2) is 14.8 Å². The van der Waals surface area contributed by atoms with Crippen molar-refractivity contribution < 1.29 is 9.53 Å². The number of nitrogens with zero attached hydrogens (tertiary/aromatic N) is 6. The van der Waals surface area contributed by atoms with Gasteiger partial charge in [0.05, 0.1) is 11.1 Å². The van der Waals surface area contributed by atoms with Crippen molar-refractivity contribution >= 4 is 40.2 Å². The molecule has 2 atom stereocenters. The molecule has 3 aromatic rings. The fourth-order valence-corrected chi connectivity index (χ4v) is 5.53. The summed E-state index contributed by atoms with van der Waals surface area (Å²) in [5.74, 6) is 0.909. The summed E-state index contributed by atoms with van der Waals surface area (Å²) < 4.78 is 7.74. The first-order valence-electron chi connectivity index (χ1n) is 12.8. The lowest BCUT2D eigenvalue weighted by Gasteiger charge is -2.41. The van der Waals surface area contributed by atoms with E-state index in [1.54, 1.807) is 11.2 Å². The van der Waals surface area contributed by atoms with Crippen LogP contribution < -0.4 is 9.80 Å². The lowest BCUT2D eigenvalue weighted by molar-refractivity contribution is 0.0218. The van der Waals surface area contributed by atoms with Crippen LogP contribution in [-0.2, 0) is 4.74 Å². The summed E-state index contributed by atoms with van der Waals surface area (Å²) in [4.78, 5) is 28.8. The van der Waals surface area contributed by atoms with Crippen molar-refractivity contribution in [2.45, 2.75) is 65.1 Å². The number of hydrogen-bond acceptors (Lipinski definition) is 6. The molecule has 1 amide bonds. The van der Waals surface area contributed by atoms with Gasteiger partial charge in [0.15, 0.2) is 5.65 Å². The normalized spacial score (nSPS) is 20.9. The van der Waals surface area contributed by atoms with E-state index in [4.69, 9.17) is 26.3 Å². The Morgan fingerprint density at radius 3 is 2.56 bits per heavy atom. The van der Waals surface area contributed by atoms with Crippen LogP contribution in [0, 0.1) is 0 Å². The molecule has 36 heavy (non-hydrogen) atoms. The second kappa shape index (κ2) is 9.47. The van der Waals surface area contributed by atoms with Gasteiger partial charge >= 0.3 is 6.09 Å². The highest BCUT2D eigenvalue weighted by atomic mass is 35.5. The van der Waals surface area contributed by atoms with Crippen molar-refractivity contribution in [2.24, 2.45) is 0 Å². The number of aromatic nitrogens is 3. The van der Waals surface area contributed by atoms with Crippen LogP contribution in [0.2, 0.25) is 5.02 Å². The summed E-state index contributed by atoms with van der Waals surface area (Å²) in [6.07, 6.45) is 5.89. The summed E-state index contributed by atoms with van der Waals surface area (Å²) in [5, 5.41) is 1.73. The van der Waals surface area contributed by atoms with Crippen LogP contribution in [0.1, 0.15) is 47.5 Å². The van der Waals surface area contributed by atoms with Crippen LogP contribution in [0.25, 0.3) is 16.7 Å². The van der Waals surface area contributed by atoms with E-state index in [2.05, 4.69) is 34.4 Å². The molecular weight excluding hydrogens is 476 g/mol. The number of hydrogen-bond donors (Lipinski definition) is 0. The smallest absolute Gasteiger partial charge is 0.410 e. The van der Waals surface area contributed by atoms with Crippen LogP contribution in [0.3, 0.4) is 0 Å². The number of halogens is 1. The van der Waals surface area contributed by atoms with Crippen LogP contribution >= 0.6 is 11.6 Å². The van der Waals surface area contributed by atoms with Gasteiger partial charge in [-0.1, -0.05) is 17.7 Å². The zero-order valence-corrected chi connectivity index (χ0v) is 22.5. The van der Waals surface area contributed by atoms with E-state index in [0.29, 0.717) is 30.7 Å². The van der Waals surface area contributed by atoms with Gasteiger partial charge < -0.3 is 19.4 Å². The Kier molecular flexibility index (Phi) is 6.49. The average molecular weight is 511 g/mol. The topological polar surface area (TPSA) is 66.7 Å². The van der Waals surface area contributed by atoms with E-state index in [1.807, 2.05) is 45.0 Å². The van der Waals surface area contributed by atoms with Gasteiger partial charge in [0.25, 0.3) is 0 Å². The van der Waals surface area contributed by atoms with E-state index in [1.165, 1.54) is 6.42 Å². The quantitative estimate of drug-likeness (QED) is 0.463. The minimum atomic E-state index is -0.513. The Hall–Kier alpha value is -3.00. The predicted molar refractivity (Wildman–Crippen MR) is 145 cm³/mol. The highest BCUT2D eigenvalue weighted by Crippen LogP contribution is 2.40. The molecule has 8 nitrogen and oxygen atoms in total. The molecule has 2 aliphatic heterocycles. The SMILES string of the molecule is CC1CCCN1c1cn(-c2cccc(Cl)c2)c2ncnc(N3CCN(C(=O)OC(C)(C)C)CC3C)c12. The fourth-order valence-electron chi connectivity index (χ4n) is 5.34. The van der Waals surface area contributed by atoms with Crippen molar-refractivity contribution in [1.29, 1.82) is 0 Å². The van der Waals surface area contributed by atoms with E-state index >= 15 is 0 Å². The molecule has 2 fully saturated rings. The number of fused-ring (bicyclic) bond motifs is 1. The first-order chi connectivity index (χ1) is 17.1. The number of carbonyl (C=O) groups is 1. The van der Waals surface area contributed by atoms with Gasteiger partial charge in [0, 0.05) is 55.2 Å². The molecule has 4 heterocycles. The molecule has 1 aromatic carbocycles. The third-order valence-electron chi connectivity index (χ3n) is 7.04. The lowest BCUT2D eigenvalue weighted by atomic mass is 10.1. The molecule has 2 aromatic heterocycles. The Balaban J connectivity index is 1.55. The molecule has 192 valence electrons. The van der Waals surface area contributed by atoms with Crippen molar-refractivity contribution in [1.82, 2.24) is 19.4 Å². The molecule has 5 rings (SSSR count). The standard InChI is InChI=1S/C27H35ClN6O2/c1-18-8-7-11-32(18)22-16-34(21-10-6-9-20(28)14-21)25-23(22)24(29-17-30-25)33-13-12-31(15-19(33)2)26(35)36-27(3,4)5/h6,9-10,14,16-19H,7-8,11-13,15H2,1-5H3.